The Morgan fingerprint density at radius 1 is 1.02 bits per heavy atom. The van der Waals surface area contributed by atoms with Gasteiger partial charge in [0.15, 0.2) is 23.0 Å². The van der Waals surface area contributed by atoms with Crippen LogP contribution in [-0.4, -0.2) is 87.2 Å². The molecule has 0 radical (unpaired) electrons. The van der Waals surface area contributed by atoms with Crippen molar-refractivity contribution in [2.45, 2.75) is 25.3 Å². The number of ether oxygens (including phenoxy) is 4. The molecule has 2 aromatic carbocycles. The van der Waals surface area contributed by atoms with Crippen molar-refractivity contribution in [2.24, 2.45) is 9.98 Å². The third kappa shape index (κ3) is 6.33. The van der Waals surface area contributed by atoms with Gasteiger partial charge in [-0.15, -0.1) is 0 Å². The minimum Gasteiger partial charge on any atom is -0.493 e. The largest absolute Gasteiger partial charge is 0.493 e. The molecule has 5 rings (SSSR count). The first kappa shape index (κ1) is 29.6. The first-order valence-corrected chi connectivity index (χ1v) is 14.2. The second-order valence-electron chi connectivity index (χ2n) is 10.6. The van der Waals surface area contributed by atoms with E-state index in [-0.39, 0.29) is 17.9 Å². The Bertz CT molecular complexity index is 1530. The van der Waals surface area contributed by atoms with Crippen molar-refractivity contribution in [2.75, 3.05) is 47.1 Å². The topological polar surface area (TPSA) is 102 Å². The molecule has 2 fully saturated rings. The predicted molar refractivity (Wildman–Crippen MR) is 166 cm³/mol. The number of benzene rings is 2. The van der Waals surface area contributed by atoms with E-state index in [0.717, 1.165) is 17.6 Å². The number of allylic oxidation sites excluding steroid dienone is 1. The number of carbonyl (C=O) groups excluding carboxylic acids is 2. The van der Waals surface area contributed by atoms with Crippen LogP contribution < -0.4 is 18.9 Å². The summed E-state index contributed by atoms with van der Waals surface area (Å²) < 4.78 is 23.2. The number of fused-ring (bicyclic) bond motifs is 2. The van der Waals surface area contributed by atoms with Crippen molar-refractivity contribution in [3.63, 3.8) is 0 Å². The van der Waals surface area contributed by atoms with Crippen LogP contribution in [0.1, 0.15) is 40.0 Å². The number of hydrogen-bond donors (Lipinski definition) is 0. The van der Waals surface area contributed by atoms with Gasteiger partial charge in [0, 0.05) is 50.6 Å². The second kappa shape index (κ2) is 13.0. The number of hydrogen-bond acceptors (Lipinski definition) is 8. The van der Waals surface area contributed by atoms with E-state index in [1.807, 2.05) is 0 Å². The highest BCUT2D eigenvalue weighted by atomic mass is 16.5. The minimum absolute atomic E-state index is 0.0905. The molecule has 1 atom stereocenters. The Kier molecular flexibility index (Phi) is 8.94. The first-order chi connectivity index (χ1) is 20.8. The van der Waals surface area contributed by atoms with Gasteiger partial charge in [0.25, 0.3) is 11.8 Å². The maximum absolute atomic E-state index is 13.3. The van der Waals surface area contributed by atoms with E-state index in [4.69, 9.17) is 18.9 Å². The van der Waals surface area contributed by atoms with Gasteiger partial charge in [-0.2, -0.15) is 0 Å². The molecule has 0 spiro atoms. The average Bonchev–Trinajstić information content (AvgIpc) is 3.59. The van der Waals surface area contributed by atoms with Crippen LogP contribution in [0.2, 0.25) is 0 Å². The zero-order chi connectivity index (χ0) is 30.5. The highest BCUT2D eigenvalue weighted by Crippen LogP contribution is 2.39. The number of nitrogens with zero attached hydrogens (tertiary/aromatic N) is 4. The highest BCUT2D eigenvalue weighted by molar-refractivity contribution is 6.04. The zero-order valence-corrected chi connectivity index (χ0v) is 24.6. The molecule has 0 unspecified atom stereocenters. The zero-order valence-electron chi connectivity index (χ0n) is 24.6. The SMILES string of the molecule is C=C/C=N\c1cc(OCCCOc2cc3c(cc2OC)C(=O)N2CC(=C)C[C@H]2C=N3)c(OC)cc1C(=O)N1CCC(=C)C1. The van der Waals surface area contributed by atoms with Gasteiger partial charge in [-0.1, -0.05) is 37.0 Å². The fourth-order valence-electron chi connectivity index (χ4n) is 5.33. The molecule has 3 aliphatic rings. The minimum atomic E-state index is -0.139. The third-order valence-electron chi connectivity index (χ3n) is 7.52. The van der Waals surface area contributed by atoms with Crippen molar-refractivity contribution in [1.82, 2.24) is 9.80 Å². The van der Waals surface area contributed by atoms with E-state index in [2.05, 4.69) is 29.7 Å². The Labute approximate surface area is 251 Å². The lowest BCUT2D eigenvalue weighted by Crippen LogP contribution is -2.35. The van der Waals surface area contributed by atoms with Crippen LogP contribution in [0.15, 0.2) is 71.2 Å². The second-order valence-corrected chi connectivity index (χ2v) is 10.6. The van der Waals surface area contributed by atoms with Crippen molar-refractivity contribution in [3.05, 3.63) is 72.4 Å². The third-order valence-corrected chi connectivity index (χ3v) is 7.52. The number of carbonyl (C=O) groups is 2. The van der Waals surface area contributed by atoms with Gasteiger partial charge in [-0.3, -0.25) is 19.6 Å². The van der Waals surface area contributed by atoms with E-state index >= 15 is 0 Å². The van der Waals surface area contributed by atoms with E-state index < -0.39 is 0 Å². The quantitative estimate of drug-likeness (QED) is 0.201. The molecule has 0 aromatic heterocycles. The van der Waals surface area contributed by atoms with E-state index in [0.29, 0.717) is 91.2 Å². The lowest BCUT2D eigenvalue weighted by Gasteiger charge is -2.20. The number of rotatable bonds is 11. The molecule has 10 nitrogen and oxygen atoms in total. The van der Waals surface area contributed by atoms with Crippen molar-refractivity contribution in [3.8, 4) is 23.0 Å². The number of aliphatic imine (C=N–C) groups is 2. The Hall–Kier alpha value is -4.86. The monoisotopic (exact) mass is 584 g/mol. The van der Waals surface area contributed by atoms with Crippen LogP contribution in [-0.2, 0) is 0 Å². The van der Waals surface area contributed by atoms with Gasteiger partial charge in [-0.25, -0.2) is 0 Å². The Morgan fingerprint density at radius 2 is 1.74 bits per heavy atom. The highest BCUT2D eigenvalue weighted by Gasteiger charge is 2.34. The number of likely N-dealkylation sites (tertiary alicyclic amines) is 1. The van der Waals surface area contributed by atoms with E-state index in [1.54, 1.807) is 46.4 Å². The van der Waals surface area contributed by atoms with E-state index in [9.17, 15) is 9.59 Å². The normalized spacial score (nSPS) is 17.6. The summed E-state index contributed by atoms with van der Waals surface area (Å²) in [6.07, 6.45) is 6.91. The molecule has 0 saturated carbocycles. The lowest BCUT2D eigenvalue weighted by atomic mass is 10.1. The van der Waals surface area contributed by atoms with Crippen LogP contribution in [0.25, 0.3) is 0 Å². The molecule has 2 saturated heterocycles. The van der Waals surface area contributed by atoms with Crippen LogP contribution in [0.3, 0.4) is 0 Å². The summed E-state index contributed by atoms with van der Waals surface area (Å²) in [4.78, 5) is 39.0. The molecular weight excluding hydrogens is 548 g/mol. The molecule has 224 valence electrons. The van der Waals surface area contributed by atoms with Crippen molar-refractivity contribution in [1.29, 1.82) is 0 Å². The van der Waals surface area contributed by atoms with Crippen molar-refractivity contribution >= 4 is 35.6 Å². The standard InChI is InChI=1S/C33H36N4O6/c1-6-9-34-26-16-30(28(40-4)14-24(26)32(38)36-10-8-21(2)19-36)42-11-7-12-43-31-17-27-25(15-29(31)41-5)33(39)37-20-22(3)13-23(37)18-35-27/h6,9,14-18,23H,1-3,7-8,10-13,19-20H2,4-5H3/b34-9-/t23-/m0/s1. The molecule has 0 N–H and O–H groups in total. The molecule has 10 heteroatoms. The van der Waals surface area contributed by atoms with Crippen LogP contribution >= 0.6 is 0 Å². The summed E-state index contributed by atoms with van der Waals surface area (Å²) >= 11 is 0. The van der Waals surface area contributed by atoms with Crippen LogP contribution in [0, 0.1) is 0 Å². The summed E-state index contributed by atoms with van der Waals surface area (Å²) in [6.45, 7) is 14.0. The fraction of sp³-hybridized carbons (Fsp3) is 0.333. The fourth-order valence-corrected chi connectivity index (χ4v) is 5.33. The van der Waals surface area contributed by atoms with Gasteiger partial charge in [-0.05, 0) is 25.0 Å². The molecule has 0 aliphatic carbocycles. The molecular formula is C33H36N4O6. The van der Waals surface area contributed by atoms with Gasteiger partial charge >= 0.3 is 0 Å². The maximum Gasteiger partial charge on any atom is 0.257 e. The average molecular weight is 585 g/mol. The van der Waals surface area contributed by atoms with Gasteiger partial charge in [0.05, 0.1) is 56.0 Å². The molecule has 0 bridgehead atoms. The predicted octanol–water partition coefficient (Wildman–Crippen LogP) is 5.33. The molecule has 43 heavy (non-hydrogen) atoms. The number of methoxy groups -OCH3 is 2. The van der Waals surface area contributed by atoms with Gasteiger partial charge < -0.3 is 28.7 Å². The van der Waals surface area contributed by atoms with Gasteiger partial charge in [0.1, 0.15) is 0 Å². The maximum atomic E-state index is 13.3. The van der Waals surface area contributed by atoms with Crippen LogP contribution in [0.5, 0.6) is 23.0 Å². The lowest BCUT2D eigenvalue weighted by molar-refractivity contribution is 0.0775. The van der Waals surface area contributed by atoms with E-state index in [1.165, 1.54) is 20.4 Å². The molecule has 3 heterocycles. The molecule has 2 amide bonds. The summed E-state index contributed by atoms with van der Waals surface area (Å²) in [6, 6.07) is 6.68. The summed E-state index contributed by atoms with van der Waals surface area (Å²) in [5.74, 6) is 1.59. The Morgan fingerprint density at radius 3 is 2.42 bits per heavy atom. The summed E-state index contributed by atoms with van der Waals surface area (Å²) in [7, 11) is 3.07. The molecule has 3 aliphatic heterocycles. The smallest absolute Gasteiger partial charge is 0.257 e. The van der Waals surface area contributed by atoms with Crippen LogP contribution in [0.4, 0.5) is 11.4 Å². The van der Waals surface area contributed by atoms with Gasteiger partial charge in [0.2, 0.25) is 0 Å². The Balaban J connectivity index is 1.25. The first-order valence-electron chi connectivity index (χ1n) is 14.2. The number of amides is 2. The van der Waals surface area contributed by atoms with Crippen molar-refractivity contribution < 1.29 is 28.5 Å². The molecule has 2 aromatic rings. The summed E-state index contributed by atoms with van der Waals surface area (Å²) in [5.41, 5.74) is 3.93. The summed E-state index contributed by atoms with van der Waals surface area (Å²) in [5, 5.41) is 0.